The van der Waals surface area contributed by atoms with Crippen molar-refractivity contribution in [1.82, 2.24) is 9.55 Å². The van der Waals surface area contributed by atoms with Gasteiger partial charge in [-0.3, -0.25) is 14.2 Å². The van der Waals surface area contributed by atoms with Crippen LogP contribution in [0.2, 0.25) is 10.3 Å². The molecule has 2 aromatic carbocycles. The lowest BCUT2D eigenvalue weighted by Crippen LogP contribution is -2.28. The maximum Gasteiger partial charge on any atom is 0.326 e. The number of carbonyl (C=O) groups is 1. The second kappa shape index (κ2) is 8.37. The summed E-state index contributed by atoms with van der Waals surface area (Å²) in [7, 11) is 0. The van der Waals surface area contributed by atoms with Crippen molar-refractivity contribution >= 4 is 29.2 Å². The highest BCUT2D eigenvalue weighted by Crippen LogP contribution is 2.27. The molecule has 138 valence electrons. The predicted molar refractivity (Wildman–Crippen MR) is 105 cm³/mol. The Balaban J connectivity index is 1.92. The van der Waals surface area contributed by atoms with Crippen LogP contribution in [0.3, 0.4) is 0 Å². The number of carbonyl (C=O) groups excluding carboxylic acids is 1. The smallest absolute Gasteiger partial charge is 0.326 e. The molecule has 1 aromatic heterocycles. The minimum Gasteiger partial charge on any atom is -0.459 e. The van der Waals surface area contributed by atoms with Crippen LogP contribution in [0.1, 0.15) is 11.1 Å². The third-order valence-electron chi connectivity index (χ3n) is 3.90. The molecule has 0 radical (unpaired) electrons. The molecule has 0 aliphatic carbocycles. The zero-order chi connectivity index (χ0) is 19.4. The van der Waals surface area contributed by atoms with E-state index in [-0.39, 0.29) is 23.5 Å². The molecule has 0 saturated carbocycles. The molecule has 0 aliphatic rings. The fraction of sp³-hybridized carbons (Fsp3) is 0.150. The number of hydrogen-bond donors (Lipinski definition) is 0. The van der Waals surface area contributed by atoms with Gasteiger partial charge in [-0.15, -0.1) is 0 Å². The summed E-state index contributed by atoms with van der Waals surface area (Å²) in [6.07, 6.45) is 0. The van der Waals surface area contributed by atoms with Crippen molar-refractivity contribution in [2.24, 2.45) is 0 Å². The fourth-order valence-corrected chi connectivity index (χ4v) is 3.17. The maximum absolute atomic E-state index is 12.5. The number of nitrogens with zero attached hydrogens (tertiary/aromatic N) is 2. The molecule has 0 aliphatic heterocycles. The highest BCUT2D eigenvalue weighted by molar-refractivity contribution is 6.33. The van der Waals surface area contributed by atoms with Gasteiger partial charge in [0.1, 0.15) is 13.2 Å². The first-order chi connectivity index (χ1) is 13.0. The molecule has 27 heavy (non-hydrogen) atoms. The third kappa shape index (κ3) is 4.56. The van der Waals surface area contributed by atoms with Gasteiger partial charge < -0.3 is 4.74 Å². The van der Waals surface area contributed by atoms with Gasteiger partial charge in [-0.2, -0.15) is 0 Å². The highest BCUT2D eigenvalue weighted by Gasteiger charge is 2.19. The Bertz CT molecular complexity index is 1030. The summed E-state index contributed by atoms with van der Waals surface area (Å²) in [6, 6.07) is 16.7. The van der Waals surface area contributed by atoms with Crippen LogP contribution in [0.25, 0.3) is 11.3 Å². The Hall–Kier alpha value is -2.63. The lowest BCUT2D eigenvalue weighted by atomic mass is 10.1. The van der Waals surface area contributed by atoms with Gasteiger partial charge >= 0.3 is 5.97 Å². The average molecular weight is 403 g/mol. The number of hydrogen-bond acceptors (Lipinski definition) is 4. The Morgan fingerprint density at radius 3 is 2.52 bits per heavy atom. The molecule has 0 spiro atoms. The van der Waals surface area contributed by atoms with Crippen LogP contribution in [0.4, 0.5) is 0 Å². The van der Waals surface area contributed by atoms with Crippen LogP contribution in [0.15, 0.2) is 59.4 Å². The van der Waals surface area contributed by atoms with E-state index in [9.17, 15) is 9.59 Å². The Morgan fingerprint density at radius 2 is 1.81 bits per heavy atom. The molecule has 0 bridgehead atoms. The van der Waals surface area contributed by atoms with Crippen molar-refractivity contribution < 1.29 is 9.53 Å². The molecule has 1 heterocycles. The van der Waals surface area contributed by atoms with E-state index in [1.165, 1.54) is 4.57 Å². The van der Waals surface area contributed by atoms with Crippen molar-refractivity contribution in [3.05, 3.63) is 86.4 Å². The molecule has 7 heteroatoms. The predicted octanol–water partition coefficient (Wildman–Crippen LogP) is 4.27. The fourth-order valence-electron chi connectivity index (χ4n) is 2.64. The van der Waals surface area contributed by atoms with Gasteiger partial charge in [0.15, 0.2) is 10.3 Å². The number of aryl methyl sites for hydroxylation is 1. The third-order valence-corrected chi connectivity index (χ3v) is 4.41. The highest BCUT2D eigenvalue weighted by atomic mass is 35.5. The van der Waals surface area contributed by atoms with E-state index in [1.54, 1.807) is 6.07 Å². The number of halogens is 2. The monoisotopic (exact) mass is 402 g/mol. The Labute approximate surface area is 166 Å². The zero-order valence-corrected chi connectivity index (χ0v) is 16.0. The first kappa shape index (κ1) is 19.1. The topological polar surface area (TPSA) is 61.2 Å². The van der Waals surface area contributed by atoms with E-state index in [4.69, 9.17) is 27.9 Å². The molecule has 0 fully saturated rings. The summed E-state index contributed by atoms with van der Waals surface area (Å²) < 4.78 is 6.47. The number of aromatic nitrogens is 2. The average Bonchev–Trinajstić information content (AvgIpc) is 2.65. The number of benzene rings is 2. The van der Waals surface area contributed by atoms with Crippen LogP contribution in [-0.2, 0) is 22.7 Å². The lowest BCUT2D eigenvalue weighted by Gasteiger charge is -2.15. The van der Waals surface area contributed by atoms with Crippen molar-refractivity contribution in [3.63, 3.8) is 0 Å². The Kier molecular flexibility index (Phi) is 5.94. The van der Waals surface area contributed by atoms with Crippen molar-refractivity contribution in [2.45, 2.75) is 20.1 Å². The van der Waals surface area contributed by atoms with Crippen LogP contribution >= 0.6 is 23.2 Å². The van der Waals surface area contributed by atoms with Gasteiger partial charge in [0.25, 0.3) is 5.56 Å². The molecule has 5 nitrogen and oxygen atoms in total. The molecular formula is C20H16Cl2N2O3. The first-order valence-electron chi connectivity index (χ1n) is 8.18. The summed E-state index contributed by atoms with van der Waals surface area (Å²) in [6.45, 7) is 1.70. The van der Waals surface area contributed by atoms with Crippen LogP contribution in [0.5, 0.6) is 0 Å². The molecule has 3 aromatic rings. The van der Waals surface area contributed by atoms with Crippen LogP contribution in [0, 0.1) is 6.92 Å². The molecule has 0 saturated heterocycles. The molecule has 3 rings (SSSR count). The van der Waals surface area contributed by atoms with E-state index in [0.29, 0.717) is 11.3 Å². The number of ether oxygens (including phenoxy) is 1. The quantitative estimate of drug-likeness (QED) is 0.597. The van der Waals surface area contributed by atoms with Gasteiger partial charge in [0.05, 0.1) is 5.69 Å². The van der Waals surface area contributed by atoms with Crippen molar-refractivity contribution in [1.29, 1.82) is 0 Å². The lowest BCUT2D eigenvalue weighted by molar-refractivity contribution is -0.145. The second-order valence-electron chi connectivity index (χ2n) is 5.95. The molecule has 0 amide bonds. The molecular weight excluding hydrogens is 387 g/mol. The summed E-state index contributed by atoms with van der Waals surface area (Å²) >= 11 is 12.1. The molecule has 0 atom stereocenters. The first-order valence-corrected chi connectivity index (χ1v) is 8.93. The SMILES string of the molecule is Cc1cccc(-c2c(Cl)nc(Cl)c(=O)n2CC(=O)OCc2ccccc2)c1. The van der Waals surface area contributed by atoms with Gasteiger partial charge in [0.2, 0.25) is 0 Å². The minimum absolute atomic E-state index is 0.0426. The van der Waals surface area contributed by atoms with E-state index in [1.807, 2.05) is 55.5 Å². The van der Waals surface area contributed by atoms with Gasteiger partial charge in [-0.1, -0.05) is 77.3 Å². The van der Waals surface area contributed by atoms with E-state index < -0.39 is 11.5 Å². The summed E-state index contributed by atoms with van der Waals surface area (Å²) in [4.78, 5) is 28.7. The largest absolute Gasteiger partial charge is 0.459 e. The van der Waals surface area contributed by atoms with E-state index >= 15 is 0 Å². The molecule has 0 unspecified atom stereocenters. The standard InChI is InChI=1S/C20H16Cl2N2O3/c1-13-6-5-9-15(10-13)17-18(21)23-19(22)20(26)24(17)11-16(25)27-12-14-7-3-2-4-8-14/h2-10H,11-12H2,1H3. The van der Waals surface area contributed by atoms with E-state index in [2.05, 4.69) is 4.98 Å². The van der Waals surface area contributed by atoms with Crippen LogP contribution < -0.4 is 5.56 Å². The Morgan fingerprint density at radius 1 is 1.07 bits per heavy atom. The molecule has 0 N–H and O–H groups in total. The van der Waals surface area contributed by atoms with Gasteiger partial charge in [-0.05, 0) is 18.6 Å². The summed E-state index contributed by atoms with van der Waals surface area (Å²) in [5.74, 6) is -0.576. The van der Waals surface area contributed by atoms with Gasteiger partial charge in [-0.25, -0.2) is 4.98 Å². The maximum atomic E-state index is 12.5. The zero-order valence-electron chi connectivity index (χ0n) is 14.5. The summed E-state index contributed by atoms with van der Waals surface area (Å²) in [5, 5.41) is -0.256. The second-order valence-corrected chi connectivity index (χ2v) is 6.67. The van der Waals surface area contributed by atoms with Crippen LogP contribution in [-0.4, -0.2) is 15.5 Å². The number of esters is 1. The summed E-state index contributed by atoms with van der Waals surface area (Å²) in [5.41, 5.74) is 2.21. The minimum atomic E-state index is -0.603. The van der Waals surface area contributed by atoms with E-state index in [0.717, 1.165) is 11.1 Å². The number of rotatable bonds is 5. The van der Waals surface area contributed by atoms with Crippen molar-refractivity contribution in [3.8, 4) is 11.3 Å². The van der Waals surface area contributed by atoms with Crippen molar-refractivity contribution in [2.75, 3.05) is 0 Å². The van der Waals surface area contributed by atoms with Gasteiger partial charge in [0, 0.05) is 5.56 Å². The normalized spacial score (nSPS) is 10.6.